The van der Waals surface area contributed by atoms with Crippen LogP contribution in [0.4, 0.5) is 0 Å². The molecule has 3 unspecified atom stereocenters. The van der Waals surface area contributed by atoms with Crippen LogP contribution in [0.25, 0.3) is 0 Å². The molecule has 1 N–H and O–H groups in total. The van der Waals surface area contributed by atoms with Gasteiger partial charge in [0.15, 0.2) is 0 Å². The van der Waals surface area contributed by atoms with E-state index in [0.717, 1.165) is 26.1 Å². The van der Waals surface area contributed by atoms with Crippen LogP contribution in [0.3, 0.4) is 0 Å². The molecule has 124 valence electrons. The molecule has 1 aliphatic rings. The highest BCUT2D eigenvalue weighted by Gasteiger charge is 2.42. The number of likely N-dealkylation sites (N-methyl/N-ethyl adjacent to an activating group) is 1. The molecule has 0 aromatic rings. The third-order valence-electron chi connectivity index (χ3n) is 4.45. The molecule has 0 spiro atoms. The van der Waals surface area contributed by atoms with E-state index in [9.17, 15) is 4.79 Å². The van der Waals surface area contributed by atoms with Gasteiger partial charge in [0, 0.05) is 12.6 Å². The summed E-state index contributed by atoms with van der Waals surface area (Å²) in [6.45, 7) is 18.3. The van der Waals surface area contributed by atoms with E-state index in [1.165, 1.54) is 0 Å². The van der Waals surface area contributed by atoms with Crippen LogP contribution in [0.5, 0.6) is 0 Å². The van der Waals surface area contributed by atoms with Gasteiger partial charge in [-0.15, -0.1) is 0 Å². The first-order chi connectivity index (χ1) is 9.81. The summed E-state index contributed by atoms with van der Waals surface area (Å²) in [5, 5.41) is 3.57. The zero-order valence-corrected chi connectivity index (χ0v) is 15.0. The predicted octanol–water partition coefficient (Wildman–Crippen LogP) is 2.55. The Morgan fingerprint density at radius 3 is 2.14 bits per heavy atom. The molecule has 1 fully saturated rings. The molecule has 1 amide bonds. The number of amides is 1. The second-order valence-corrected chi connectivity index (χ2v) is 7.12. The predicted molar refractivity (Wildman–Crippen MR) is 89.1 cm³/mol. The van der Waals surface area contributed by atoms with Crippen molar-refractivity contribution in [1.29, 1.82) is 0 Å². The van der Waals surface area contributed by atoms with Gasteiger partial charge in [0.2, 0.25) is 5.91 Å². The molecule has 3 atom stereocenters. The zero-order chi connectivity index (χ0) is 16.2. The van der Waals surface area contributed by atoms with Crippen LogP contribution >= 0.6 is 0 Å². The van der Waals surface area contributed by atoms with Crippen LogP contribution in [-0.2, 0) is 4.79 Å². The van der Waals surface area contributed by atoms with Crippen molar-refractivity contribution in [1.82, 2.24) is 15.1 Å². The minimum absolute atomic E-state index is 0.00319. The lowest BCUT2D eigenvalue weighted by molar-refractivity contribution is -0.133. The van der Waals surface area contributed by atoms with Crippen molar-refractivity contribution in [2.75, 3.05) is 19.6 Å². The van der Waals surface area contributed by atoms with Gasteiger partial charge in [-0.2, -0.15) is 0 Å². The lowest BCUT2D eigenvalue weighted by atomic mass is 10.0. The number of carbonyl (C=O) groups is 1. The van der Waals surface area contributed by atoms with Gasteiger partial charge in [-0.1, -0.05) is 41.5 Å². The normalized spacial score (nSPS) is 24.7. The highest BCUT2D eigenvalue weighted by molar-refractivity contribution is 5.84. The number of nitrogens with one attached hydrogen (secondary N) is 1. The second-order valence-electron chi connectivity index (χ2n) is 7.12. The molecule has 1 rings (SSSR count). The highest BCUT2D eigenvalue weighted by atomic mass is 16.2. The van der Waals surface area contributed by atoms with Crippen LogP contribution in [-0.4, -0.2) is 53.6 Å². The molecule has 0 aliphatic carbocycles. The Bertz CT molecular complexity index is 326. The summed E-state index contributed by atoms with van der Waals surface area (Å²) in [4.78, 5) is 17.3. The maximum atomic E-state index is 12.8. The van der Waals surface area contributed by atoms with E-state index in [0.29, 0.717) is 17.7 Å². The highest BCUT2D eigenvalue weighted by Crippen LogP contribution is 2.24. The van der Waals surface area contributed by atoms with E-state index < -0.39 is 0 Å². The Morgan fingerprint density at radius 2 is 1.71 bits per heavy atom. The van der Waals surface area contributed by atoms with E-state index in [1.807, 2.05) is 0 Å². The summed E-state index contributed by atoms with van der Waals surface area (Å²) in [6, 6.07) is 0.256. The van der Waals surface area contributed by atoms with Crippen LogP contribution in [0.2, 0.25) is 0 Å². The van der Waals surface area contributed by atoms with Gasteiger partial charge >= 0.3 is 0 Å². The smallest absolute Gasteiger partial charge is 0.241 e. The summed E-state index contributed by atoms with van der Waals surface area (Å²) in [5.74, 6) is 1.27. The lowest BCUT2D eigenvalue weighted by Crippen LogP contribution is -2.50. The minimum atomic E-state index is -0.00319. The molecule has 0 radical (unpaired) electrons. The molecule has 0 aromatic heterocycles. The molecule has 4 heteroatoms. The molecular weight excluding hydrogens is 262 g/mol. The quantitative estimate of drug-likeness (QED) is 0.748. The number of rotatable bonds is 8. The maximum Gasteiger partial charge on any atom is 0.241 e. The average molecular weight is 297 g/mol. The molecule has 0 aromatic carbocycles. The monoisotopic (exact) mass is 297 g/mol. The van der Waals surface area contributed by atoms with Crippen molar-refractivity contribution in [3.63, 3.8) is 0 Å². The molecular formula is C17H35N3O. The lowest BCUT2D eigenvalue weighted by Gasteiger charge is -2.35. The van der Waals surface area contributed by atoms with E-state index in [4.69, 9.17) is 0 Å². The van der Waals surface area contributed by atoms with Gasteiger partial charge in [0.1, 0.15) is 0 Å². The summed E-state index contributed by atoms with van der Waals surface area (Å²) < 4.78 is 0. The fraction of sp³-hybridized carbons (Fsp3) is 0.941. The summed E-state index contributed by atoms with van der Waals surface area (Å²) in [5.41, 5.74) is 0. The standard InChI is InChI=1S/C17H35N3O/c1-8-19(9-2)11-14(7)20-16(13(5)6)18-15(17(20)21)10-12(3)4/h12-16,18H,8-11H2,1-7H3. The van der Waals surface area contributed by atoms with Crippen molar-refractivity contribution in [3.05, 3.63) is 0 Å². The second kappa shape index (κ2) is 8.14. The molecule has 1 aliphatic heterocycles. The first kappa shape index (κ1) is 18.4. The van der Waals surface area contributed by atoms with Crippen LogP contribution in [0.15, 0.2) is 0 Å². The first-order valence-corrected chi connectivity index (χ1v) is 8.62. The molecule has 1 saturated heterocycles. The third kappa shape index (κ3) is 4.68. The van der Waals surface area contributed by atoms with Crippen molar-refractivity contribution in [2.45, 2.75) is 73.1 Å². The number of carbonyl (C=O) groups excluding carboxylic acids is 1. The number of nitrogens with zero attached hydrogens (tertiary/aromatic N) is 2. The maximum absolute atomic E-state index is 12.8. The van der Waals surface area contributed by atoms with Gasteiger partial charge in [-0.3, -0.25) is 10.1 Å². The van der Waals surface area contributed by atoms with Gasteiger partial charge in [0.25, 0.3) is 0 Å². The van der Waals surface area contributed by atoms with Gasteiger partial charge in [0.05, 0.1) is 12.2 Å². The van der Waals surface area contributed by atoms with Gasteiger partial charge < -0.3 is 9.80 Å². The van der Waals surface area contributed by atoms with E-state index in [1.54, 1.807) is 0 Å². The Labute approximate surface area is 131 Å². The fourth-order valence-electron chi connectivity index (χ4n) is 3.26. The Kier molecular flexibility index (Phi) is 7.14. The van der Waals surface area contributed by atoms with Crippen molar-refractivity contribution >= 4 is 5.91 Å². The molecule has 21 heavy (non-hydrogen) atoms. The Morgan fingerprint density at radius 1 is 1.14 bits per heavy atom. The summed E-state index contributed by atoms with van der Waals surface area (Å²) in [6.07, 6.45) is 1.10. The molecule has 0 saturated carbocycles. The largest absolute Gasteiger partial charge is 0.322 e. The zero-order valence-electron chi connectivity index (χ0n) is 15.0. The fourth-order valence-corrected chi connectivity index (χ4v) is 3.26. The number of hydrogen-bond acceptors (Lipinski definition) is 3. The van der Waals surface area contributed by atoms with Crippen molar-refractivity contribution < 1.29 is 4.79 Å². The van der Waals surface area contributed by atoms with E-state index >= 15 is 0 Å². The van der Waals surface area contributed by atoms with Crippen LogP contribution in [0, 0.1) is 11.8 Å². The molecule has 1 heterocycles. The van der Waals surface area contributed by atoms with Crippen molar-refractivity contribution in [2.24, 2.45) is 11.8 Å². The van der Waals surface area contributed by atoms with E-state index in [2.05, 4.69) is 63.6 Å². The third-order valence-corrected chi connectivity index (χ3v) is 4.45. The summed E-state index contributed by atoms with van der Waals surface area (Å²) >= 11 is 0. The SMILES string of the molecule is CCN(CC)CC(C)N1C(=O)C(CC(C)C)NC1C(C)C. The van der Waals surface area contributed by atoms with E-state index in [-0.39, 0.29) is 18.2 Å². The first-order valence-electron chi connectivity index (χ1n) is 8.62. The number of hydrogen-bond donors (Lipinski definition) is 1. The molecule has 0 bridgehead atoms. The Hall–Kier alpha value is -0.610. The van der Waals surface area contributed by atoms with Gasteiger partial charge in [-0.25, -0.2) is 0 Å². The van der Waals surface area contributed by atoms with Crippen molar-refractivity contribution in [3.8, 4) is 0 Å². The van der Waals surface area contributed by atoms with Gasteiger partial charge in [-0.05, 0) is 38.3 Å². The minimum Gasteiger partial charge on any atom is -0.322 e. The molecule has 4 nitrogen and oxygen atoms in total. The summed E-state index contributed by atoms with van der Waals surface area (Å²) in [7, 11) is 0. The van der Waals surface area contributed by atoms with Crippen LogP contribution in [0.1, 0.15) is 54.9 Å². The Balaban J connectivity index is 2.82. The topological polar surface area (TPSA) is 35.6 Å². The average Bonchev–Trinajstić information content (AvgIpc) is 2.72. The van der Waals surface area contributed by atoms with Crippen LogP contribution < -0.4 is 5.32 Å².